The molecule has 4 heteroatoms. The number of rotatable bonds is 7. The summed E-state index contributed by atoms with van der Waals surface area (Å²) in [4.78, 5) is 11.3. The van der Waals surface area contributed by atoms with Crippen molar-refractivity contribution in [3.8, 4) is 5.75 Å². The number of aryl methyl sites for hydroxylation is 2. The minimum absolute atomic E-state index is 0.420. The monoisotopic (exact) mass is 278 g/mol. The molecule has 20 heavy (non-hydrogen) atoms. The van der Waals surface area contributed by atoms with Crippen molar-refractivity contribution < 1.29 is 9.53 Å². The predicted molar refractivity (Wildman–Crippen MR) is 81.8 cm³/mol. The fourth-order valence-corrected chi connectivity index (χ4v) is 2.13. The molecular formula is C16H26N2O2. The van der Waals surface area contributed by atoms with Crippen LogP contribution in [0.5, 0.6) is 5.75 Å². The van der Waals surface area contributed by atoms with Crippen molar-refractivity contribution in [1.29, 1.82) is 0 Å². The highest BCUT2D eigenvalue weighted by Crippen LogP contribution is 2.26. The van der Waals surface area contributed by atoms with Crippen LogP contribution in [-0.4, -0.2) is 18.1 Å². The fraction of sp³-hybridized carbons (Fsp3) is 0.562. The zero-order valence-corrected chi connectivity index (χ0v) is 13.1. The first-order valence-corrected chi connectivity index (χ1v) is 7.14. The molecule has 1 rings (SSSR count). The minimum Gasteiger partial charge on any atom is -0.480 e. The van der Waals surface area contributed by atoms with Gasteiger partial charge in [0.25, 0.3) is 5.91 Å². The van der Waals surface area contributed by atoms with E-state index in [-0.39, 0.29) is 0 Å². The molecule has 1 atom stereocenters. The first kappa shape index (κ1) is 16.5. The van der Waals surface area contributed by atoms with E-state index < -0.39 is 12.0 Å². The van der Waals surface area contributed by atoms with E-state index in [4.69, 9.17) is 10.5 Å². The normalized spacial score (nSPS) is 12.5. The van der Waals surface area contributed by atoms with E-state index in [1.54, 1.807) is 0 Å². The van der Waals surface area contributed by atoms with Crippen LogP contribution >= 0.6 is 0 Å². The van der Waals surface area contributed by atoms with Crippen molar-refractivity contribution in [2.75, 3.05) is 0 Å². The standard InChI is InChI=1S/C16H26N2O2/c1-6-14(16(17)19)20-15-11(4)7-13(8-12(15)5)9-18-10(2)3/h7-8,10,14,18H,6,9H2,1-5H3,(H2,17,19). The van der Waals surface area contributed by atoms with Crippen molar-refractivity contribution in [1.82, 2.24) is 5.32 Å². The van der Waals surface area contributed by atoms with Crippen LogP contribution in [0.2, 0.25) is 0 Å². The molecule has 112 valence electrons. The highest BCUT2D eigenvalue weighted by molar-refractivity contribution is 5.79. The van der Waals surface area contributed by atoms with Crippen molar-refractivity contribution >= 4 is 5.91 Å². The molecule has 1 unspecified atom stereocenters. The van der Waals surface area contributed by atoms with Gasteiger partial charge in [0.15, 0.2) is 6.10 Å². The molecule has 0 saturated heterocycles. The van der Waals surface area contributed by atoms with Crippen molar-refractivity contribution in [2.24, 2.45) is 5.73 Å². The Bertz CT molecular complexity index is 447. The number of benzene rings is 1. The number of nitrogens with one attached hydrogen (secondary N) is 1. The largest absolute Gasteiger partial charge is 0.480 e. The minimum atomic E-state index is -0.563. The molecule has 0 aliphatic carbocycles. The van der Waals surface area contributed by atoms with Gasteiger partial charge in [0.1, 0.15) is 5.75 Å². The molecule has 0 aromatic heterocycles. The van der Waals surface area contributed by atoms with Gasteiger partial charge < -0.3 is 15.8 Å². The van der Waals surface area contributed by atoms with Crippen LogP contribution in [0.4, 0.5) is 0 Å². The molecule has 3 N–H and O–H groups in total. The Morgan fingerprint density at radius 3 is 2.25 bits per heavy atom. The summed E-state index contributed by atoms with van der Waals surface area (Å²) in [6.45, 7) is 10.9. The fourth-order valence-electron chi connectivity index (χ4n) is 2.13. The summed E-state index contributed by atoms with van der Waals surface area (Å²) in [5.74, 6) is 0.348. The van der Waals surface area contributed by atoms with E-state index >= 15 is 0 Å². The smallest absolute Gasteiger partial charge is 0.258 e. The van der Waals surface area contributed by atoms with Gasteiger partial charge in [-0.2, -0.15) is 0 Å². The molecule has 1 aromatic rings. The number of primary amides is 1. The lowest BCUT2D eigenvalue weighted by Crippen LogP contribution is -2.33. The first-order chi connectivity index (χ1) is 9.35. The SMILES string of the molecule is CCC(Oc1c(C)cc(CNC(C)C)cc1C)C(N)=O. The van der Waals surface area contributed by atoms with E-state index in [1.807, 2.05) is 20.8 Å². The molecule has 0 aliphatic rings. The molecule has 0 spiro atoms. The number of carbonyl (C=O) groups excluding carboxylic acids is 1. The summed E-state index contributed by atoms with van der Waals surface area (Å²) in [5, 5.41) is 3.39. The van der Waals surface area contributed by atoms with E-state index in [9.17, 15) is 4.79 Å². The maximum Gasteiger partial charge on any atom is 0.258 e. The summed E-state index contributed by atoms with van der Waals surface area (Å²) in [7, 11) is 0. The zero-order chi connectivity index (χ0) is 15.3. The van der Waals surface area contributed by atoms with Gasteiger partial charge in [0, 0.05) is 12.6 Å². The van der Waals surface area contributed by atoms with Crippen LogP contribution < -0.4 is 15.8 Å². The van der Waals surface area contributed by atoms with E-state index in [2.05, 4.69) is 31.3 Å². The van der Waals surface area contributed by atoms with Gasteiger partial charge in [0.2, 0.25) is 0 Å². The van der Waals surface area contributed by atoms with Crippen LogP contribution in [0.3, 0.4) is 0 Å². The van der Waals surface area contributed by atoms with Gasteiger partial charge in [-0.05, 0) is 37.0 Å². The summed E-state index contributed by atoms with van der Waals surface area (Å²) in [6, 6.07) is 4.63. The number of hydrogen-bond donors (Lipinski definition) is 2. The summed E-state index contributed by atoms with van der Waals surface area (Å²) in [6.07, 6.45) is 0.0113. The quantitative estimate of drug-likeness (QED) is 0.805. The zero-order valence-electron chi connectivity index (χ0n) is 13.1. The molecule has 1 aromatic carbocycles. The molecule has 0 heterocycles. The summed E-state index contributed by atoms with van der Waals surface area (Å²) in [5.41, 5.74) is 8.61. The third kappa shape index (κ3) is 4.53. The lowest BCUT2D eigenvalue weighted by molar-refractivity contribution is -0.124. The third-order valence-corrected chi connectivity index (χ3v) is 3.18. The molecule has 0 fully saturated rings. The van der Waals surface area contributed by atoms with E-state index in [0.29, 0.717) is 12.5 Å². The Hall–Kier alpha value is -1.55. The van der Waals surface area contributed by atoms with Crippen LogP contribution in [0, 0.1) is 13.8 Å². The highest BCUT2D eigenvalue weighted by Gasteiger charge is 2.17. The maximum absolute atomic E-state index is 11.3. The molecule has 0 saturated carbocycles. The van der Waals surface area contributed by atoms with E-state index in [0.717, 1.165) is 23.4 Å². The number of nitrogens with two attached hydrogens (primary N) is 1. The average molecular weight is 278 g/mol. The number of amides is 1. The molecule has 0 bridgehead atoms. The lowest BCUT2D eigenvalue weighted by atomic mass is 10.0. The van der Waals surface area contributed by atoms with Crippen molar-refractivity contribution in [2.45, 2.75) is 59.7 Å². The Balaban J connectivity index is 2.91. The topological polar surface area (TPSA) is 64.3 Å². The second kappa shape index (κ2) is 7.29. The molecule has 4 nitrogen and oxygen atoms in total. The second-order valence-corrected chi connectivity index (χ2v) is 5.51. The summed E-state index contributed by atoms with van der Waals surface area (Å²) >= 11 is 0. The van der Waals surface area contributed by atoms with Crippen LogP contribution in [0.25, 0.3) is 0 Å². The van der Waals surface area contributed by atoms with Crippen LogP contribution in [-0.2, 0) is 11.3 Å². The highest BCUT2D eigenvalue weighted by atomic mass is 16.5. The van der Waals surface area contributed by atoms with Crippen molar-refractivity contribution in [3.63, 3.8) is 0 Å². The third-order valence-electron chi connectivity index (χ3n) is 3.18. The second-order valence-electron chi connectivity index (χ2n) is 5.51. The first-order valence-electron chi connectivity index (χ1n) is 7.14. The molecule has 1 amide bonds. The van der Waals surface area contributed by atoms with Crippen LogP contribution in [0.1, 0.15) is 43.9 Å². The Morgan fingerprint density at radius 2 is 1.85 bits per heavy atom. The Morgan fingerprint density at radius 1 is 1.30 bits per heavy atom. The molecule has 0 radical (unpaired) electrons. The predicted octanol–water partition coefficient (Wildman–Crippen LogP) is 2.44. The number of hydrogen-bond acceptors (Lipinski definition) is 3. The molecular weight excluding hydrogens is 252 g/mol. The van der Waals surface area contributed by atoms with Crippen molar-refractivity contribution in [3.05, 3.63) is 28.8 Å². The average Bonchev–Trinajstić information content (AvgIpc) is 2.35. The van der Waals surface area contributed by atoms with Gasteiger partial charge in [-0.15, -0.1) is 0 Å². The number of ether oxygens (including phenoxy) is 1. The van der Waals surface area contributed by atoms with Gasteiger partial charge in [-0.3, -0.25) is 4.79 Å². The number of carbonyl (C=O) groups is 1. The van der Waals surface area contributed by atoms with Gasteiger partial charge in [0.05, 0.1) is 0 Å². The van der Waals surface area contributed by atoms with Gasteiger partial charge in [-0.1, -0.05) is 32.9 Å². The lowest BCUT2D eigenvalue weighted by Gasteiger charge is -2.19. The maximum atomic E-state index is 11.3. The summed E-state index contributed by atoms with van der Waals surface area (Å²) < 4.78 is 5.77. The van der Waals surface area contributed by atoms with Gasteiger partial charge in [-0.25, -0.2) is 0 Å². The van der Waals surface area contributed by atoms with E-state index in [1.165, 1.54) is 5.56 Å². The molecule has 0 aliphatic heterocycles. The van der Waals surface area contributed by atoms with Gasteiger partial charge >= 0.3 is 0 Å². The van der Waals surface area contributed by atoms with Crippen LogP contribution in [0.15, 0.2) is 12.1 Å². The Labute approximate surface area is 121 Å². The Kier molecular flexibility index (Phi) is 6.02.